The molecule has 1 heterocycles. The third-order valence-corrected chi connectivity index (χ3v) is 3.55. The number of esters is 1. The normalized spacial score (nSPS) is 15.3. The van der Waals surface area contributed by atoms with E-state index in [2.05, 4.69) is 0 Å². The molecule has 0 unspecified atom stereocenters. The summed E-state index contributed by atoms with van der Waals surface area (Å²) in [5, 5.41) is 15.5. The van der Waals surface area contributed by atoms with Gasteiger partial charge in [-0.1, -0.05) is 0 Å². The molecule has 9 nitrogen and oxygen atoms in total. The third kappa shape index (κ3) is 3.15. The highest BCUT2D eigenvalue weighted by molar-refractivity contribution is 7.89. The Morgan fingerprint density at radius 1 is 1.48 bits per heavy atom. The summed E-state index contributed by atoms with van der Waals surface area (Å²) in [6, 6.07) is 1.19. The van der Waals surface area contributed by atoms with Gasteiger partial charge < -0.3 is 9.47 Å². The monoisotopic (exact) mass is 320 g/mol. The second kappa shape index (κ2) is 5.35. The van der Waals surface area contributed by atoms with E-state index >= 15 is 0 Å². The molecule has 0 radical (unpaired) electrons. The van der Waals surface area contributed by atoms with Crippen LogP contribution in [0, 0.1) is 15.9 Å². The molecule has 0 amide bonds. The Morgan fingerprint density at radius 2 is 2.10 bits per heavy atom. The van der Waals surface area contributed by atoms with Crippen LogP contribution in [0.3, 0.4) is 0 Å². The fourth-order valence-corrected chi connectivity index (χ4v) is 2.19. The van der Waals surface area contributed by atoms with E-state index < -0.39 is 49.0 Å². The summed E-state index contributed by atoms with van der Waals surface area (Å²) in [6.45, 7) is 0.328. The van der Waals surface area contributed by atoms with Crippen LogP contribution in [-0.4, -0.2) is 38.6 Å². The lowest BCUT2D eigenvalue weighted by Crippen LogP contribution is -2.37. The van der Waals surface area contributed by atoms with Crippen molar-refractivity contribution in [1.82, 2.24) is 0 Å². The van der Waals surface area contributed by atoms with Gasteiger partial charge in [0.05, 0.1) is 23.7 Å². The number of nitrogens with zero attached hydrogens (tertiary/aromatic N) is 1. The third-order valence-electron chi connectivity index (χ3n) is 2.64. The number of nitrogens with two attached hydrogens (primary N) is 1. The molecule has 1 aliphatic heterocycles. The van der Waals surface area contributed by atoms with Crippen LogP contribution >= 0.6 is 0 Å². The van der Waals surface area contributed by atoms with Crippen LogP contribution in [0.4, 0.5) is 10.1 Å². The minimum Gasteiger partial charge on any atom is -0.454 e. The number of benzene rings is 1. The summed E-state index contributed by atoms with van der Waals surface area (Å²) >= 11 is 0. The smallest absolute Gasteiger partial charge is 0.338 e. The first-order valence-corrected chi connectivity index (χ1v) is 7.04. The van der Waals surface area contributed by atoms with Gasteiger partial charge >= 0.3 is 11.7 Å². The van der Waals surface area contributed by atoms with E-state index in [9.17, 15) is 27.7 Å². The highest BCUT2D eigenvalue weighted by Crippen LogP contribution is 2.26. The average molecular weight is 320 g/mol. The Bertz CT molecular complexity index is 714. The number of primary sulfonamides is 1. The number of ether oxygens (including phenoxy) is 2. The first kappa shape index (κ1) is 15.3. The van der Waals surface area contributed by atoms with Gasteiger partial charge in [0, 0.05) is 6.07 Å². The Hall–Kier alpha value is -2.11. The quantitative estimate of drug-likeness (QED) is 0.465. The minimum atomic E-state index is -4.58. The Labute approximate surface area is 117 Å². The molecule has 11 heteroatoms. The molecule has 0 atom stereocenters. The average Bonchev–Trinajstić information content (AvgIpc) is 2.31. The number of rotatable bonds is 4. The van der Waals surface area contributed by atoms with Crippen LogP contribution in [0.5, 0.6) is 0 Å². The zero-order valence-electron chi connectivity index (χ0n) is 10.3. The van der Waals surface area contributed by atoms with Gasteiger partial charge in [0.2, 0.25) is 15.8 Å². The van der Waals surface area contributed by atoms with Gasteiger partial charge in [0.1, 0.15) is 11.0 Å². The molecule has 0 spiro atoms. The lowest BCUT2D eigenvalue weighted by molar-refractivity contribution is -0.387. The van der Waals surface area contributed by atoms with Crippen molar-refractivity contribution in [1.29, 1.82) is 0 Å². The van der Waals surface area contributed by atoms with Crippen LogP contribution in [0.1, 0.15) is 10.4 Å². The SMILES string of the molecule is NS(=O)(=O)c1cc(C(=O)OC2COC2)cc([N+](=O)[O-])c1F. The van der Waals surface area contributed by atoms with E-state index in [0.29, 0.717) is 12.1 Å². The molecule has 2 rings (SSSR count). The number of carbonyl (C=O) groups excluding carboxylic acids is 1. The molecule has 1 aliphatic rings. The van der Waals surface area contributed by atoms with E-state index in [1.807, 2.05) is 0 Å². The Morgan fingerprint density at radius 3 is 2.52 bits per heavy atom. The van der Waals surface area contributed by atoms with Gasteiger partial charge in [-0.3, -0.25) is 10.1 Å². The lowest BCUT2D eigenvalue weighted by Gasteiger charge is -2.25. The molecule has 2 N–H and O–H groups in total. The summed E-state index contributed by atoms with van der Waals surface area (Å²) in [4.78, 5) is 20.2. The standard InChI is InChI=1S/C10H9FN2O7S/c11-9-7(13(15)16)1-5(2-8(9)21(12,17)18)10(14)20-6-3-19-4-6/h1-2,6H,3-4H2,(H2,12,17,18). The fourth-order valence-electron chi connectivity index (χ4n) is 1.54. The molecular formula is C10H9FN2O7S. The van der Waals surface area contributed by atoms with Crippen LogP contribution in [0.25, 0.3) is 0 Å². The van der Waals surface area contributed by atoms with Crippen LogP contribution in [0.15, 0.2) is 17.0 Å². The number of nitro groups is 1. The van der Waals surface area contributed by atoms with Crippen molar-refractivity contribution in [2.24, 2.45) is 5.14 Å². The molecule has 0 aromatic heterocycles. The van der Waals surface area contributed by atoms with Crippen molar-refractivity contribution in [2.45, 2.75) is 11.0 Å². The number of nitro benzene ring substituents is 1. The predicted molar refractivity (Wildman–Crippen MR) is 64.5 cm³/mol. The van der Waals surface area contributed by atoms with Crippen molar-refractivity contribution in [3.63, 3.8) is 0 Å². The van der Waals surface area contributed by atoms with Crippen LogP contribution < -0.4 is 5.14 Å². The first-order chi connectivity index (χ1) is 9.70. The van der Waals surface area contributed by atoms with E-state index in [1.165, 1.54) is 0 Å². The van der Waals surface area contributed by atoms with E-state index in [1.54, 1.807) is 0 Å². The molecule has 0 aliphatic carbocycles. The maximum absolute atomic E-state index is 13.7. The molecule has 1 fully saturated rings. The van der Waals surface area contributed by atoms with Crippen molar-refractivity contribution >= 4 is 21.7 Å². The van der Waals surface area contributed by atoms with Gasteiger partial charge in [0.15, 0.2) is 0 Å². The maximum Gasteiger partial charge on any atom is 0.338 e. The van der Waals surface area contributed by atoms with Gasteiger partial charge in [-0.15, -0.1) is 0 Å². The summed E-state index contributed by atoms with van der Waals surface area (Å²) in [5.41, 5.74) is -1.67. The molecular weight excluding hydrogens is 311 g/mol. The molecule has 1 aromatic carbocycles. The molecule has 21 heavy (non-hydrogen) atoms. The van der Waals surface area contributed by atoms with Gasteiger partial charge in [-0.25, -0.2) is 18.4 Å². The number of hydrogen-bond donors (Lipinski definition) is 1. The minimum absolute atomic E-state index is 0.164. The largest absolute Gasteiger partial charge is 0.454 e. The summed E-state index contributed by atoms with van der Waals surface area (Å²) in [5.74, 6) is -2.66. The number of hydrogen-bond acceptors (Lipinski definition) is 7. The number of sulfonamides is 1. The predicted octanol–water partition coefficient (Wildman–Crippen LogP) is -0.0631. The molecule has 1 saturated heterocycles. The van der Waals surface area contributed by atoms with Gasteiger partial charge in [0.25, 0.3) is 0 Å². The summed E-state index contributed by atoms with van der Waals surface area (Å²) < 4.78 is 45.8. The fraction of sp³-hybridized carbons (Fsp3) is 0.300. The first-order valence-electron chi connectivity index (χ1n) is 5.49. The van der Waals surface area contributed by atoms with E-state index in [4.69, 9.17) is 14.6 Å². The Kier molecular flexibility index (Phi) is 3.89. The Balaban J connectivity index is 2.48. The topological polar surface area (TPSA) is 139 Å². The second-order valence-corrected chi connectivity index (χ2v) is 5.70. The van der Waals surface area contributed by atoms with Crippen molar-refractivity contribution in [3.05, 3.63) is 33.6 Å². The summed E-state index contributed by atoms with van der Waals surface area (Å²) in [6.07, 6.45) is -0.528. The van der Waals surface area contributed by atoms with Crippen LogP contribution in [-0.2, 0) is 19.5 Å². The lowest BCUT2D eigenvalue weighted by atomic mass is 10.2. The summed E-state index contributed by atoms with van der Waals surface area (Å²) in [7, 11) is -4.58. The number of halogens is 1. The van der Waals surface area contributed by atoms with E-state index in [-0.39, 0.29) is 13.2 Å². The molecule has 0 saturated carbocycles. The van der Waals surface area contributed by atoms with Crippen molar-refractivity contribution in [3.8, 4) is 0 Å². The zero-order valence-corrected chi connectivity index (χ0v) is 11.1. The van der Waals surface area contributed by atoms with Crippen molar-refractivity contribution < 1.29 is 32.0 Å². The highest BCUT2D eigenvalue weighted by atomic mass is 32.2. The van der Waals surface area contributed by atoms with Gasteiger partial charge in [-0.2, -0.15) is 4.39 Å². The molecule has 1 aromatic rings. The zero-order chi connectivity index (χ0) is 15.8. The molecule has 114 valence electrons. The van der Waals surface area contributed by atoms with Crippen LogP contribution in [0.2, 0.25) is 0 Å². The highest BCUT2D eigenvalue weighted by Gasteiger charge is 2.30. The molecule has 0 bridgehead atoms. The maximum atomic E-state index is 13.7. The second-order valence-electron chi connectivity index (χ2n) is 4.17. The van der Waals surface area contributed by atoms with E-state index in [0.717, 1.165) is 0 Å². The van der Waals surface area contributed by atoms with Gasteiger partial charge in [-0.05, 0) is 6.07 Å². The number of carbonyl (C=O) groups is 1. The van der Waals surface area contributed by atoms with Crippen molar-refractivity contribution in [2.75, 3.05) is 13.2 Å².